The summed E-state index contributed by atoms with van der Waals surface area (Å²) in [5.74, 6) is -0.992. The summed E-state index contributed by atoms with van der Waals surface area (Å²) >= 11 is 0. The number of carbonyl (C=O) groups is 1. The standard InChI is InChI=1S/C20H16F2O5/c21-10-14(11-22)26-19(24)13-7-5-12(6-8-13)9-16-18(23)15-3-1-2-4-17(15)27-20(16)25/h1-8,14,23H,9-11H2. The highest BCUT2D eigenvalue weighted by molar-refractivity contribution is 5.89. The lowest BCUT2D eigenvalue weighted by atomic mass is 10.0. The summed E-state index contributed by atoms with van der Waals surface area (Å²) in [5.41, 5.74) is 0.497. The molecule has 5 nitrogen and oxygen atoms in total. The molecule has 0 bridgehead atoms. The first kappa shape index (κ1) is 18.6. The van der Waals surface area contributed by atoms with Crippen molar-refractivity contribution in [3.05, 3.63) is 75.6 Å². The molecule has 0 aliphatic rings. The van der Waals surface area contributed by atoms with Crippen LogP contribution in [0.1, 0.15) is 21.5 Å². The van der Waals surface area contributed by atoms with Crippen molar-refractivity contribution in [1.82, 2.24) is 0 Å². The fourth-order valence-corrected chi connectivity index (χ4v) is 2.61. The molecule has 0 fully saturated rings. The quantitative estimate of drug-likeness (QED) is 0.527. The maximum Gasteiger partial charge on any atom is 0.343 e. The Labute approximate surface area is 152 Å². The maximum absolute atomic E-state index is 12.4. The van der Waals surface area contributed by atoms with Crippen LogP contribution in [0.4, 0.5) is 8.78 Å². The second-order valence-corrected chi connectivity index (χ2v) is 5.92. The summed E-state index contributed by atoms with van der Waals surface area (Å²) in [6.45, 7) is -2.20. The second kappa shape index (κ2) is 7.99. The lowest BCUT2D eigenvalue weighted by molar-refractivity contribution is 0.0172. The molecular formula is C20H16F2O5. The van der Waals surface area contributed by atoms with E-state index in [0.717, 1.165) is 0 Å². The first-order valence-corrected chi connectivity index (χ1v) is 8.19. The van der Waals surface area contributed by atoms with Crippen molar-refractivity contribution in [3.8, 4) is 5.75 Å². The molecule has 0 spiro atoms. The molecule has 7 heteroatoms. The Morgan fingerprint density at radius 3 is 2.41 bits per heavy atom. The molecule has 1 aromatic heterocycles. The number of para-hydroxylation sites is 1. The number of fused-ring (bicyclic) bond motifs is 1. The van der Waals surface area contributed by atoms with Gasteiger partial charge in [0.15, 0.2) is 6.10 Å². The zero-order valence-electron chi connectivity index (χ0n) is 14.2. The fraction of sp³-hybridized carbons (Fsp3) is 0.200. The van der Waals surface area contributed by atoms with Gasteiger partial charge in [-0.2, -0.15) is 0 Å². The number of hydrogen-bond donors (Lipinski definition) is 1. The Balaban J connectivity index is 1.82. The van der Waals surface area contributed by atoms with Gasteiger partial charge in [-0.3, -0.25) is 0 Å². The molecule has 0 atom stereocenters. The summed E-state index contributed by atoms with van der Waals surface area (Å²) in [6.07, 6.45) is -1.33. The lowest BCUT2D eigenvalue weighted by Gasteiger charge is -2.11. The van der Waals surface area contributed by atoms with E-state index in [4.69, 9.17) is 4.42 Å². The second-order valence-electron chi connectivity index (χ2n) is 5.92. The Hall–Kier alpha value is -3.22. The van der Waals surface area contributed by atoms with Crippen molar-refractivity contribution in [1.29, 1.82) is 0 Å². The number of halogens is 2. The molecule has 27 heavy (non-hydrogen) atoms. The van der Waals surface area contributed by atoms with Crippen LogP contribution in [0.5, 0.6) is 5.75 Å². The van der Waals surface area contributed by atoms with Crippen molar-refractivity contribution in [2.75, 3.05) is 13.3 Å². The molecular weight excluding hydrogens is 358 g/mol. The SMILES string of the molecule is O=C(OC(CF)CF)c1ccc(Cc2c(O)c3ccccc3oc2=O)cc1. The molecule has 0 aliphatic heterocycles. The van der Waals surface area contributed by atoms with Crippen LogP contribution < -0.4 is 5.63 Å². The zero-order valence-corrected chi connectivity index (χ0v) is 14.2. The zero-order chi connectivity index (χ0) is 19.4. The van der Waals surface area contributed by atoms with Crippen molar-refractivity contribution in [3.63, 3.8) is 0 Å². The highest BCUT2D eigenvalue weighted by Gasteiger charge is 2.17. The number of ether oxygens (including phenoxy) is 1. The number of esters is 1. The molecule has 0 saturated heterocycles. The van der Waals surface area contributed by atoms with Gasteiger partial charge >= 0.3 is 11.6 Å². The van der Waals surface area contributed by atoms with Gasteiger partial charge in [0, 0.05) is 6.42 Å². The number of benzene rings is 2. The summed E-state index contributed by atoms with van der Waals surface area (Å²) in [5, 5.41) is 10.8. The van der Waals surface area contributed by atoms with Gasteiger partial charge in [-0.15, -0.1) is 0 Å². The molecule has 0 unspecified atom stereocenters. The number of alkyl halides is 2. The van der Waals surface area contributed by atoms with E-state index in [1.165, 1.54) is 12.1 Å². The minimum Gasteiger partial charge on any atom is -0.507 e. The Morgan fingerprint density at radius 2 is 1.74 bits per heavy atom. The third-order valence-electron chi connectivity index (χ3n) is 4.07. The Kier molecular flexibility index (Phi) is 5.49. The van der Waals surface area contributed by atoms with Crippen LogP contribution in [-0.2, 0) is 11.2 Å². The van der Waals surface area contributed by atoms with Gasteiger partial charge < -0.3 is 14.3 Å². The Bertz CT molecular complexity index is 1010. The molecule has 3 rings (SSSR count). The summed E-state index contributed by atoms with van der Waals surface area (Å²) in [7, 11) is 0. The third kappa shape index (κ3) is 3.97. The summed E-state index contributed by atoms with van der Waals surface area (Å²) < 4.78 is 34.8. The molecule has 1 N–H and O–H groups in total. The van der Waals surface area contributed by atoms with E-state index in [9.17, 15) is 23.5 Å². The van der Waals surface area contributed by atoms with Gasteiger partial charge in [0.2, 0.25) is 0 Å². The van der Waals surface area contributed by atoms with Crippen LogP contribution in [0.3, 0.4) is 0 Å². The third-order valence-corrected chi connectivity index (χ3v) is 4.07. The van der Waals surface area contributed by atoms with E-state index >= 15 is 0 Å². The van der Waals surface area contributed by atoms with Gasteiger partial charge in [-0.1, -0.05) is 24.3 Å². The van der Waals surface area contributed by atoms with Crippen molar-refractivity contribution in [2.45, 2.75) is 12.5 Å². The summed E-state index contributed by atoms with van der Waals surface area (Å²) in [4.78, 5) is 24.0. The van der Waals surface area contributed by atoms with Gasteiger partial charge in [0.05, 0.1) is 16.5 Å². The molecule has 0 amide bonds. The summed E-state index contributed by atoms with van der Waals surface area (Å²) in [6, 6.07) is 12.6. The van der Waals surface area contributed by atoms with Crippen molar-refractivity contribution in [2.24, 2.45) is 0 Å². The van der Waals surface area contributed by atoms with E-state index in [1.54, 1.807) is 36.4 Å². The number of rotatable bonds is 6. The molecule has 0 aliphatic carbocycles. The van der Waals surface area contributed by atoms with Crippen molar-refractivity contribution < 1.29 is 27.8 Å². The monoisotopic (exact) mass is 374 g/mol. The van der Waals surface area contributed by atoms with Crippen LogP contribution in [0, 0.1) is 0 Å². The average molecular weight is 374 g/mol. The van der Waals surface area contributed by atoms with E-state index < -0.39 is 31.0 Å². The molecule has 0 radical (unpaired) electrons. The van der Waals surface area contributed by atoms with Crippen LogP contribution in [-0.4, -0.2) is 30.5 Å². The minimum absolute atomic E-state index is 0.0892. The van der Waals surface area contributed by atoms with Crippen LogP contribution in [0.25, 0.3) is 11.0 Å². The smallest absolute Gasteiger partial charge is 0.343 e. The van der Waals surface area contributed by atoms with Gasteiger partial charge in [-0.25, -0.2) is 18.4 Å². The average Bonchev–Trinajstić information content (AvgIpc) is 2.69. The maximum atomic E-state index is 12.4. The van der Waals surface area contributed by atoms with Crippen LogP contribution in [0.15, 0.2) is 57.7 Å². The molecule has 0 saturated carbocycles. The van der Waals surface area contributed by atoms with Crippen LogP contribution >= 0.6 is 0 Å². The van der Waals surface area contributed by atoms with E-state index in [1.807, 2.05) is 0 Å². The Morgan fingerprint density at radius 1 is 1.07 bits per heavy atom. The minimum atomic E-state index is -1.42. The lowest BCUT2D eigenvalue weighted by Crippen LogP contribution is -2.22. The van der Waals surface area contributed by atoms with Gasteiger partial charge in [0.1, 0.15) is 24.7 Å². The normalized spacial score (nSPS) is 11.1. The number of hydrogen-bond acceptors (Lipinski definition) is 5. The fourth-order valence-electron chi connectivity index (χ4n) is 2.61. The van der Waals surface area contributed by atoms with E-state index in [0.29, 0.717) is 10.9 Å². The predicted octanol–water partition coefficient (Wildman–Crippen LogP) is 3.55. The topological polar surface area (TPSA) is 76.7 Å². The molecule has 3 aromatic rings. The highest BCUT2D eigenvalue weighted by atomic mass is 19.1. The first-order valence-electron chi connectivity index (χ1n) is 8.19. The number of carbonyl (C=O) groups excluding carboxylic acids is 1. The van der Waals surface area contributed by atoms with Gasteiger partial charge in [-0.05, 0) is 29.8 Å². The van der Waals surface area contributed by atoms with E-state index in [2.05, 4.69) is 4.74 Å². The van der Waals surface area contributed by atoms with Gasteiger partial charge in [0.25, 0.3) is 0 Å². The largest absolute Gasteiger partial charge is 0.507 e. The van der Waals surface area contributed by atoms with E-state index in [-0.39, 0.29) is 28.9 Å². The van der Waals surface area contributed by atoms with Crippen molar-refractivity contribution >= 4 is 16.9 Å². The predicted molar refractivity (Wildman–Crippen MR) is 94.6 cm³/mol. The number of aromatic hydroxyl groups is 1. The molecule has 2 aromatic carbocycles. The first-order chi connectivity index (χ1) is 13.0. The highest BCUT2D eigenvalue weighted by Crippen LogP contribution is 2.27. The molecule has 140 valence electrons. The van der Waals surface area contributed by atoms with Crippen LogP contribution in [0.2, 0.25) is 0 Å². The molecule has 1 heterocycles.